The number of amides is 2. The van der Waals surface area contributed by atoms with Crippen LogP contribution < -0.4 is 10.1 Å². The van der Waals surface area contributed by atoms with Gasteiger partial charge in [0.1, 0.15) is 5.75 Å². The molecule has 0 bridgehead atoms. The van der Waals surface area contributed by atoms with Crippen LogP contribution >= 0.6 is 11.6 Å². The van der Waals surface area contributed by atoms with Crippen molar-refractivity contribution in [3.63, 3.8) is 0 Å². The molecule has 0 radical (unpaired) electrons. The fourth-order valence-corrected chi connectivity index (χ4v) is 2.52. The van der Waals surface area contributed by atoms with Gasteiger partial charge in [-0.3, -0.25) is 9.59 Å². The van der Waals surface area contributed by atoms with Gasteiger partial charge in [-0.05, 0) is 55.3 Å². The minimum Gasteiger partial charge on any atom is -0.495 e. The minimum absolute atomic E-state index is 0.0819. The highest BCUT2D eigenvalue weighted by Crippen LogP contribution is 2.27. The predicted octanol–water partition coefficient (Wildman–Crippen LogP) is 3.68. The molecule has 0 spiro atoms. The molecule has 5 nitrogen and oxygen atoms in total. The summed E-state index contributed by atoms with van der Waals surface area (Å²) in [6.45, 7) is 3.85. The van der Waals surface area contributed by atoms with Crippen molar-refractivity contribution in [2.75, 3.05) is 26.0 Å². The second-order valence-electron chi connectivity index (χ2n) is 5.85. The second kappa shape index (κ2) is 8.03. The van der Waals surface area contributed by atoms with Crippen LogP contribution in [0.4, 0.5) is 5.69 Å². The highest BCUT2D eigenvalue weighted by atomic mass is 35.5. The van der Waals surface area contributed by atoms with Crippen LogP contribution in [0.1, 0.15) is 21.5 Å². The lowest BCUT2D eigenvalue weighted by atomic mass is 10.1. The molecule has 0 aliphatic carbocycles. The van der Waals surface area contributed by atoms with Crippen molar-refractivity contribution in [1.29, 1.82) is 0 Å². The largest absolute Gasteiger partial charge is 0.495 e. The van der Waals surface area contributed by atoms with E-state index in [0.717, 1.165) is 11.1 Å². The summed E-state index contributed by atoms with van der Waals surface area (Å²) >= 11 is 5.95. The van der Waals surface area contributed by atoms with Crippen molar-refractivity contribution in [1.82, 2.24) is 4.90 Å². The average molecular weight is 361 g/mol. The zero-order chi connectivity index (χ0) is 18.6. The standard InChI is InChI=1S/C19H21ClN2O3/c1-12-5-6-14(9-13(12)2)19(24)22(3)11-18(23)21-16-10-15(20)7-8-17(16)25-4/h5-10H,11H2,1-4H3,(H,21,23). The van der Waals surface area contributed by atoms with Crippen LogP contribution in [0, 0.1) is 13.8 Å². The number of ether oxygens (including phenoxy) is 1. The first-order valence-corrected chi connectivity index (χ1v) is 8.15. The van der Waals surface area contributed by atoms with Crippen LogP contribution in [-0.4, -0.2) is 37.4 Å². The molecule has 0 atom stereocenters. The summed E-state index contributed by atoms with van der Waals surface area (Å²) < 4.78 is 5.19. The normalized spacial score (nSPS) is 10.3. The molecule has 0 aliphatic heterocycles. The topological polar surface area (TPSA) is 58.6 Å². The van der Waals surface area contributed by atoms with Crippen LogP contribution in [0.25, 0.3) is 0 Å². The molecular weight excluding hydrogens is 340 g/mol. The number of carbonyl (C=O) groups is 2. The zero-order valence-electron chi connectivity index (χ0n) is 14.7. The van der Waals surface area contributed by atoms with E-state index in [9.17, 15) is 9.59 Å². The van der Waals surface area contributed by atoms with Gasteiger partial charge >= 0.3 is 0 Å². The first-order chi connectivity index (χ1) is 11.8. The third kappa shape index (κ3) is 4.73. The van der Waals surface area contributed by atoms with E-state index in [2.05, 4.69) is 5.32 Å². The number of nitrogens with one attached hydrogen (secondary N) is 1. The monoisotopic (exact) mass is 360 g/mol. The molecule has 132 valence electrons. The van der Waals surface area contributed by atoms with E-state index in [1.165, 1.54) is 12.0 Å². The van der Waals surface area contributed by atoms with Crippen molar-refractivity contribution in [3.05, 3.63) is 58.1 Å². The fourth-order valence-electron chi connectivity index (χ4n) is 2.35. The number of aryl methyl sites for hydroxylation is 2. The van der Waals surface area contributed by atoms with Gasteiger partial charge in [-0.15, -0.1) is 0 Å². The van der Waals surface area contributed by atoms with E-state index >= 15 is 0 Å². The summed E-state index contributed by atoms with van der Waals surface area (Å²) in [5, 5.41) is 3.20. The van der Waals surface area contributed by atoms with Crippen LogP contribution in [0.2, 0.25) is 5.02 Å². The number of hydrogen-bond donors (Lipinski definition) is 1. The third-order valence-electron chi connectivity index (χ3n) is 3.92. The van der Waals surface area contributed by atoms with Gasteiger partial charge in [-0.1, -0.05) is 17.7 Å². The number of methoxy groups -OCH3 is 1. The Balaban J connectivity index is 2.05. The summed E-state index contributed by atoms with van der Waals surface area (Å²) in [4.78, 5) is 26.1. The second-order valence-corrected chi connectivity index (χ2v) is 6.29. The molecule has 1 N–H and O–H groups in total. The van der Waals surface area contributed by atoms with Crippen LogP contribution in [-0.2, 0) is 4.79 Å². The van der Waals surface area contributed by atoms with Gasteiger partial charge in [0, 0.05) is 17.6 Å². The number of likely N-dealkylation sites (N-methyl/N-ethyl adjacent to an activating group) is 1. The van der Waals surface area contributed by atoms with Crippen molar-refractivity contribution < 1.29 is 14.3 Å². The Morgan fingerprint density at radius 3 is 2.48 bits per heavy atom. The molecule has 2 amide bonds. The van der Waals surface area contributed by atoms with E-state index < -0.39 is 0 Å². The quantitative estimate of drug-likeness (QED) is 0.884. The van der Waals surface area contributed by atoms with E-state index in [-0.39, 0.29) is 18.4 Å². The van der Waals surface area contributed by atoms with Crippen molar-refractivity contribution in [2.45, 2.75) is 13.8 Å². The highest BCUT2D eigenvalue weighted by molar-refractivity contribution is 6.31. The number of carbonyl (C=O) groups excluding carboxylic acids is 2. The lowest BCUT2D eigenvalue weighted by Gasteiger charge is -2.18. The zero-order valence-corrected chi connectivity index (χ0v) is 15.5. The Bertz CT molecular complexity index is 805. The maximum atomic E-state index is 12.5. The third-order valence-corrected chi connectivity index (χ3v) is 4.15. The predicted molar refractivity (Wildman–Crippen MR) is 99.5 cm³/mol. The SMILES string of the molecule is COc1ccc(Cl)cc1NC(=O)CN(C)C(=O)c1ccc(C)c(C)c1. The summed E-state index contributed by atoms with van der Waals surface area (Å²) in [5.74, 6) is -0.0440. The molecule has 0 fully saturated rings. The van der Waals surface area contributed by atoms with Gasteiger partial charge in [0.25, 0.3) is 5.91 Å². The van der Waals surface area contributed by atoms with Crippen molar-refractivity contribution in [3.8, 4) is 5.75 Å². The van der Waals surface area contributed by atoms with E-state index in [1.807, 2.05) is 26.0 Å². The van der Waals surface area contributed by atoms with E-state index in [4.69, 9.17) is 16.3 Å². The Labute approximate surface area is 152 Å². The molecule has 0 unspecified atom stereocenters. The molecule has 0 saturated heterocycles. The molecule has 2 aromatic carbocycles. The molecule has 0 aliphatic rings. The number of rotatable bonds is 5. The minimum atomic E-state index is -0.333. The van der Waals surface area contributed by atoms with E-state index in [1.54, 1.807) is 31.3 Å². The van der Waals surface area contributed by atoms with Crippen LogP contribution in [0.5, 0.6) is 5.75 Å². The van der Waals surface area contributed by atoms with Crippen molar-refractivity contribution >= 4 is 29.1 Å². The van der Waals surface area contributed by atoms with Gasteiger partial charge in [0.2, 0.25) is 5.91 Å². The van der Waals surface area contributed by atoms with E-state index in [0.29, 0.717) is 22.0 Å². The molecule has 25 heavy (non-hydrogen) atoms. The maximum absolute atomic E-state index is 12.5. The van der Waals surface area contributed by atoms with Gasteiger partial charge < -0.3 is 15.0 Å². The number of nitrogens with zero attached hydrogens (tertiary/aromatic N) is 1. The lowest BCUT2D eigenvalue weighted by molar-refractivity contribution is -0.116. The number of anilines is 1. The molecule has 0 heterocycles. The molecular formula is C19H21ClN2O3. The van der Waals surface area contributed by atoms with Gasteiger partial charge in [-0.25, -0.2) is 0 Å². The molecule has 2 aromatic rings. The van der Waals surface area contributed by atoms with Crippen LogP contribution in [0.3, 0.4) is 0 Å². The Hall–Kier alpha value is -2.53. The number of halogens is 1. The Morgan fingerprint density at radius 1 is 1.12 bits per heavy atom. The van der Waals surface area contributed by atoms with Crippen molar-refractivity contribution in [2.24, 2.45) is 0 Å². The Kier molecular flexibility index (Phi) is 6.04. The fraction of sp³-hybridized carbons (Fsp3) is 0.263. The summed E-state index contributed by atoms with van der Waals surface area (Å²) in [6.07, 6.45) is 0. The Morgan fingerprint density at radius 2 is 1.84 bits per heavy atom. The first kappa shape index (κ1) is 18.8. The first-order valence-electron chi connectivity index (χ1n) is 7.78. The number of hydrogen-bond acceptors (Lipinski definition) is 3. The van der Waals surface area contributed by atoms with Gasteiger partial charge in [-0.2, -0.15) is 0 Å². The molecule has 2 rings (SSSR count). The summed E-state index contributed by atoms with van der Waals surface area (Å²) in [5.41, 5.74) is 3.17. The van der Waals surface area contributed by atoms with Gasteiger partial charge in [0.05, 0.1) is 19.3 Å². The maximum Gasteiger partial charge on any atom is 0.254 e. The van der Waals surface area contributed by atoms with Gasteiger partial charge in [0.15, 0.2) is 0 Å². The molecule has 0 saturated carbocycles. The highest BCUT2D eigenvalue weighted by Gasteiger charge is 2.16. The van der Waals surface area contributed by atoms with Crippen LogP contribution in [0.15, 0.2) is 36.4 Å². The average Bonchev–Trinajstić information content (AvgIpc) is 2.56. The molecule has 0 aromatic heterocycles. The number of benzene rings is 2. The lowest BCUT2D eigenvalue weighted by Crippen LogP contribution is -2.35. The smallest absolute Gasteiger partial charge is 0.254 e. The summed E-state index contributed by atoms with van der Waals surface area (Å²) in [7, 11) is 3.10. The molecule has 6 heteroatoms. The summed E-state index contributed by atoms with van der Waals surface area (Å²) in [6, 6.07) is 10.4.